The number of anilines is 1. The largest absolute Gasteiger partial charge is 0.467 e. The van der Waals surface area contributed by atoms with Crippen molar-refractivity contribution in [2.75, 3.05) is 5.32 Å². The molecule has 2 N–H and O–H groups in total. The van der Waals surface area contributed by atoms with Crippen molar-refractivity contribution in [3.63, 3.8) is 0 Å². The van der Waals surface area contributed by atoms with Gasteiger partial charge in [0, 0.05) is 11.4 Å². The van der Waals surface area contributed by atoms with Crippen molar-refractivity contribution in [2.24, 2.45) is 0 Å². The maximum absolute atomic E-state index is 11.8. The van der Waals surface area contributed by atoms with E-state index in [1.54, 1.807) is 17.7 Å². The Bertz CT molecular complexity index is 531. The molecule has 0 radical (unpaired) electrons. The second-order valence-corrected chi connectivity index (χ2v) is 5.08. The topological polar surface area (TPSA) is 67.2 Å². The number of carbonyl (C=O) groups is 1. The molecule has 0 unspecified atom stereocenters. The minimum atomic E-state index is -0.175. The average Bonchev–Trinajstić information content (AvgIpc) is 2.87. The van der Waals surface area contributed by atoms with Crippen LogP contribution in [0.3, 0.4) is 0 Å². The van der Waals surface area contributed by atoms with Gasteiger partial charge in [0.1, 0.15) is 11.5 Å². The number of furan rings is 1. The monoisotopic (exact) mass is 263 g/mol. The number of thiazole rings is 1. The molecule has 1 amide bonds. The molecular weight excluding hydrogens is 250 g/mol. The van der Waals surface area contributed by atoms with Crippen LogP contribution in [0.2, 0.25) is 0 Å². The van der Waals surface area contributed by atoms with Crippen molar-refractivity contribution < 1.29 is 9.21 Å². The van der Waals surface area contributed by atoms with Crippen LogP contribution in [-0.4, -0.2) is 16.9 Å². The van der Waals surface area contributed by atoms with E-state index in [1.807, 2.05) is 6.07 Å². The fourth-order valence-corrected chi connectivity index (χ4v) is 2.29. The van der Waals surface area contributed by atoms with Crippen LogP contribution < -0.4 is 10.6 Å². The van der Waals surface area contributed by atoms with E-state index < -0.39 is 0 Å². The summed E-state index contributed by atoms with van der Waals surface area (Å²) < 4.78 is 5.14. The van der Waals surface area contributed by atoms with Crippen molar-refractivity contribution in [3.05, 3.63) is 35.2 Å². The van der Waals surface area contributed by atoms with Gasteiger partial charge in [0.2, 0.25) is 0 Å². The van der Waals surface area contributed by atoms with Crippen LogP contribution in [0.4, 0.5) is 5.13 Å². The van der Waals surface area contributed by atoms with Crippen LogP contribution in [0, 0.1) is 0 Å². The molecule has 1 aliphatic rings. The van der Waals surface area contributed by atoms with Crippen LogP contribution in [-0.2, 0) is 6.54 Å². The number of nitrogens with zero attached hydrogens (tertiary/aromatic N) is 1. The summed E-state index contributed by atoms with van der Waals surface area (Å²) in [5.74, 6) is 0.557. The van der Waals surface area contributed by atoms with E-state index in [9.17, 15) is 4.79 Å². The van der Waals surface area contributed by atoms with Gasteiger partial charge in [-0.25, -0.2) is 4.98 Å². The molecule has 0 aromatic carbocycles. The van der Waals surface area contributed by atoms with Gasteiger partial charge in [-0.1, -0.05) is 0 Å². The lowest BCUT2D eigenvalue weighted by atomic mass is 10.4. The number of hydrogen-bond acceptors (Lipinski definition) is 5. The van der Waals surface area contributed by atoms with E-state index in [2.05, 4.69) is 15.6 Å². The number of amides is 1. The minimum absolute atomic E-state index is 0.175. The van der Waals surface area contributed by atoms with Gasteiger partial charge in [-0.15, -0.1) is 11.3 Å². The Labute approximate surface area is 108 Å². The highest BCUT2D eigenvalue weighted by atomic mass is 32.1. The van der Waals surface area contributed by atoms with Crippen molar-refractivity contribution in [1.82, 2.24) is 10.3 Å². The predicted octanol–water partition coefficient (Wildman–Crippen LogP) is 2.24. The highest BCUT2D eigenvalue weighted by molar-refractivity contribution is 7.13. The summed E-state index contributed by atoms with van der Waals surface area (Å²) >= 11 is 1.46. The first-order chi connectivity index (χ1) is 8.81. The molecule has 1 aliphatic carbocycles. The highest BCUT2D eigenvalue weighted by Crippen LogP contribution is 2.26. The molecule has 1 fully saturated rings. The molecule has 2 aromatic heterocycles. The summed E-state index contributed by atoms with van der Waals surface area (Å²) in [5.41, 5.74) is 0.453. The number of aromatic nitrogens is 1. The molecule has 2 aromatic rings. The maximum Gasteiger partial charge on any atom is 0.271 e. The lowest BCUT2D eigenvalue weighted by Gasteiger charge is -2.00. The Morgan fingerprint density at radius 3 is 3.17 bits per heavy atom. The minimum Gasteiger partial charge on any atom is -0.467 e. The summed E-state index contributed by atoms with van der Waals surface area (Å²) in [6.45, 7) is 0.384. The molecule has 0 aliphatic heterocycles. The summed E-state index contributed by atoms with van der Waals surface area (Å²) in [6, 6.07) is 4.17. The fourth-order valence-electron chi connectivity index (χ4n) is 1.52. The standard InChI is InChI=1S/C12H13N3O2S/c16-11(13-6-9-2-1-5-17-9)10-7-18-12(15-10)14-8-3-4-8/h1-2,5,7-8H,3-4,6H2,(H,13,16)(H,14,15). The van der Waals surface area contributed by atoms with Gasteiger partial charge in [-0.3, -0.25) is 4.79 Å². The summed E-state index contributed by atoms with van der Waals surface area (Å²) in [7, 11) is 0. The Morgan fingerprint density at radius 2 is 2.44 bits per heavy atom. The molecule has 0 saturated heterocycles. The van der Waals surface area contributed by atoms with Crippen LogP contribution in [0.25, 0.3) is 0 Å². The number of rotatable bonds is 5. The highest BCUT2D eigenvalue weighted by Gasteiger charge is 2.22. The Morgan fingerprint density at radius 1 is 1.56 bits per heavy atom. The summed E-state index contributed by atoms with van der Waals surface area (Å²) in [4.78, 5) is 16.1. The van der Waals surface area contributed by atoms with Crippen molar-refractivity contribution in [3.8, 4) is 0 Å². The fraction of sp³-hybridized carbons (Fsp3) is 0.333. The molecule has 0 atom stereocenters. The first-order valence-corrected chi connectivity index (χ1v) is 6.72. The predicted molar refractivity (Wildman–Crippen MR) is 68.6 cm³/mol. The average molecular weight is 263 g/mol. The summed E-state index contributed by atoms with van der Waals surface area (Å²) in [6.07, 6.45) is 3.97. The van der Waals surface area contributed by atoms with E-state index >= 15 is 0 Å². The SMILES string of the molecule is O=C(NCc1ccco1)c1csc(NC2CC2)n1. The smallest absolute Gasteiger partial charge is 0.271 e. The first kappa shape index (κ1) is 11.3. The van der Waals surface area contributed by atoms with E-state index in [0.717, 1.165) is 10.9 Å². The first-order valence-electron chi connectivity index (χ1n) is 5.84. The lowest BCUT2D eigenvalue weighted by molar-refractivity contribution is 0.0944. The molecule has 2 heterocycles. The van der Waals surface area contributed by atoms with Gasteiger partial charge >= 0.3 is 0 Å². The van der Waals surface area contributed by atoms with Gasteiger partial charge < -0.3 is 15.1 Å². The number of hydrogen-bond donors (Lipinski definition) is 2. The second kappa shape index (κ2) is 4.81. The quantitative estimate of drug-likeness (QED) is 0.868. The summed E-state index contributed by atoms with van der Waals surface area (Å²) in [5, 5.41) is 8.62. The van der Waals surface area contributed by atoms with E-state index in [0.29, 0.717) is 18.3 Å². The third-order valence-corrected chi connectivity index (χ3v) is 3.42. The van der Waals surface area contributed by atoms with Crippen LogP contribution >= 0.6 is 11.3 Å². The van der Waals surface area contributed by atoms with E-state index in [-0.39, 0.29) is 5.91 Å². The zero-order valence-corrected chi connectivity index (χ0v) is 10.5. The van der Waals surface area contributed by atoms with Crippen molar-refractivity contribution >= 4 is 22.4 Å². The van der Waals surface area contributed by atoms with Gasteiger partial charge in [-0.2, -0.15) is 0 Å². The third-order valence-electron chi connectivity index (χ3n) is 2.65. The van der Waals surface area contributed by atoms with Gasteiger partial charge in [0.05, 0.1) is 12.8 Å². The molecule has 0 bridgehead atoms. The van der Waals surface area contributed by atoms with Gasteiger partial charge in [-0.05, 0) is 25.0 Å². The Hall–Kier alpha value is -1.82. The van der Waals surface area contributed by atoms with E-state index in [1.165, 1.54) is 24.2 Å². The normalized spacial score (nSPS) is 14.4. The second-order valence-electron chi connectivity index (χ2n) is 4.22. The molecule has 0 spiro atoms. The van der Waals surface area contributed by atoms with Crippen molar-refractivity contribution in [2.45, 2.75) is 25.4 Å². The zero-order valence-electron chi connectivity index (χ0n) is 9.68. The lowest BCUT2D eigenvalue weighted by Crippen LogP contribution is -2.22. The molecular formula is C12H13N3O2S. The van der Waals surface area contributed by atoms with Gasteiger partial charge in [0.25, 0.3) is 5.91 Å². The number of carbonyl (C=O) groups excluding carboxylic acids is 1. The van der Waals surface area contributed by atoms with Crippen molar-refractivity contribution in [1.29, 1.82) is 0 Å². The van der Waals surface area contributed by atoms with Gasteiger partial charge in [0.15, 0.2) is 5.13 Å². The molecule has 1 saturated carbocycles. The molecule has 6 heteroatoms. The van der Waals surface area contributed by atoms with Crippen LogP contribution in [0.5, 0.6) is 0 Å². The molecule has 3 rings (SSSR count). The molecule has 5 nitrogen and oxygen atoms in total. The molecule has 18 heavy (non-hydrogen) atoms. The third kappa shape index (κ3) is 2.70. The zero-order chi connectivity index (χ0) is 12.4. The molecule has 94 valence electrons. The Kier molecular flexibility index (Phi) is 3.02. The van der Waals surface area contributed by atoms with Crippen LogP contribution in [0.1, 0.15) is 29.1 Å². The van der Waals surface area contributed by atoms with E-state index in [4.69, 9.17) is 4.42 Å². The van der Waals surface area contributed by atoms with Crippen LogP contribution in [0.15, 0.2) is 28.2 Å². The maximum atomic E-state index is 11.8. The number of nitrogens with one attached hydrogen (secondary N) is 2. The Balaban J connectivity index is 1.56.